The fraction of sp³-hybridized carbons (Fsp3) is 0.458. The standard InChI is InChI=1S/C24H34N2O4/c1-6-26(7-2)17-20-11-9-8-10-19(20)16-25-22(27)15-13-18-12-14-21(28-3)24(30-5)23(18)29-4/h8-12,14H,6-7,13,15-17H2,1-5H3,(H,25,27). The highest BCUT2D eigenvalue weighted by Crippen LogP contribution is 2.40. The van der Waals surface area contributed by atoms with Crippen molar-refractivity contribution in [2.75, 3.05) is 34.4 Å². The van der Waals surface area contributed by atoms with Crippen LogP contribution in [0.4, 0.5) is 0 Å². The largest absolute Gasteiger partial charge is 0.493 e. The van der Waals surface area contributed by atoms with Crippen molar-refractivity contribution in [3.63, 3.8) is 0 Å². The summed E-state index contributed by atoms with van der Waals surface area (Å²) in [4.78, 5) is 14.9. The highest BCUT2D eigenvalue weighted by Gasteiger charge is 2.16. The van der Waals surface area contributed by atoms with Gasteiger partial charge in [-0.3, -0.25) is 9.69 Å². The molecule has 0 aliphatic carbocycles. The second-order valence-electron chi connectivity index (χ2n) is 7.00. The number of benzene rings is 2. The summed E-state index contributed by atoms with van der Waals surface area (Å²) in [5.41, 5.74) is 3.32. The normalized spacial score (nSPS) is 10.7. The maximum atomic E-state index is 12.5. The SMILES string of the molecule is CCN(CC)Cc1ccccc1CNC(=O)CCc1ccc(OC)c(OC)c1OC. The molecule has 6 heteroatoms. The fourth-order valence-electron chi connectivity index (χ4n) is 3.46. The van der Waals surface area contributed by atoms with E-state index in [0.717, 1.165) is 30.8 Å². The van der Waals surface area contributed by atoms with Crippen molar-refractivity contribution in [2.45, 2.75) is 39.8 Å². The number of carbonyl (C=O) groups is 1. The van der Waals surface area contributed by atoms with Crippen LogP contribution in [0.1, 0.15) is 37.0 Å². The number of nitrogens with zero attached hydrogens (tertiary/aromatic N) is 1. The fourth-order valence-corrected chi connectivity index (χ4v) is 3.46. The summed E-state index contributed by atoms with van der Waals surface area (Å²) in [5.74, 6) is 1.76. The van der Waals surface area contributed by atoms with Gasteiger partial charge in [0.2, 0.25) is 11.7 Å². The molecule has 0 saturated carbocycles. The predicted octanol–water partition coefficient (Wildman–Crippen LogP) is 3.80. The van der Waals surface area contributed by atoms with Crippen LogP contribution in [-0.4, -0.2) is 45.2 Å². The van der Waals surface area contributed by atoms with E-state index in [1.54, 1.807) is 21.3 Å². The minimum atomic E-state index is 0.00415. The summed E-state index contributed by atoms with van der Waals surface area (Å²) in [7, 11) is 4.75. The van der Waals surface area contributed by atoms with E-state index >= 15 is 0 Å². The molecular formula is C24H34N2O4. The number of hydrogen-bond acceptors (Lipinski definition) is 5. The van der Waals surface area contributed by atoms with Crippen molar-refractivity contribution in [1.29, 1.82) is 0 Å². The van der Waals surface area contributed by atoms with Crippen LogP contribution < -0.4 is 19.5 Å². The number of ether oxygens (including phenoxy) is 3. The molecule has 0 spiro atoms. The number of methoxy groups -OCH3 is 3. The smallest absolute Gasteiger partial charge is 0.220 e. The van der Waals surface area contributed by atoms with E-state index in [4.69, 9.17) is 14.2 Å². The molecule has 164 valence electrons. The molecule has 6 nitrogen and oxygen atoms in total. The topological polar surface area (TPSA) is 60.0 Å². The van der Waals surface area contributed by atoms with Gasteiger partial charge in [-0.2, -0.15) is 0 Å². The van der Waals surface area contributed by atoms with Crippen LogP contribution in [0.5, 0.6) is 17.2 Å². The van der Waals surface area contributed by atoms with E-state index in [9.17, 15) is 4.79 Å². The molecule has 2 aromatic rings. The molecule has 0 radical (unpaired) electrons. The molecule has 1 N–H and O–H groups in total. The van der Waals surface area contributed by atoms with Crippen molar-refractivity contribution in [3.05, 3.63) is 53.1 Å². The third kappa shape index (κ3) is 6.13. The van der Waals surface area contributed by atoms with Gasteiger partial charge in [-0.15, -0.1) is 0 Å². The van der Waals surface area contributed by atoms with Crippen LogP contribution in [0, 0.1) is 0 Å². The minimum absolute atomic E-state index is 0.00415. The summed E-state index contributed by atoms with van der Waals surface area (Å²) in [5, 5.41) is 3.05. The molecule has 0 aliphatic heterocycles. The van der Waals surface area contributed by atoms with E-state index in [-0.39, 0.29) is 5.91 Å². The number of aryl methyl sites for hydroxylation is 1. The summed E-state index contributed by atoms with van der Waals surface area (Å²) < 4.78 is 16.2. The Balaban J connectivity index is 1.98. The van der Waals surface area contributed by atoms with E-state index < -0.39 is 0 Å². The van der Waals surface area contributed by atoms with Crippen LogP contribution in [0.25, 0.3) is 0 Å². The molecule has 0 atom stereocenters. The zero-order valence-electron chi connectivity index (χ0n) is 18.8. The van der Waals surface area contributed by atoms with Crippen molar-refractivity contribution in [1.82, 2.24) is 10.2 Å². The first-order valence-corrected chi connectivity index (χ1v) is 10.4. The van der Waals surface area contributed by atoms with E-state index in [1.807, 2.05) is 24.3 Å². The van der Waals surface area contributed by atoms with Crippen LogP contribution >= 0.6 is 0 Å². The minimum Gasteiger partial charge on any atom is -0.493 e. The molecular weight excluding hydrogens is 380 g/mol. The Kier molecular flexibility index (Phi) is 9.48. The first-order valence-electron chi connectivity index (χ1n) is 10.4. The van der Waals surface area contributed by atoms with Gasteiger partial charge >= 0.3 is 0 Å². The lowest BCUT2D eigenvalue weighted by Crippen LogP contribution is -2.26. The van der Waals surface area contributed by atoms with Gasteiger partial charge < -0.3 is 19.5 Å². The summed E-state index contributed by atoms with van der Waals surface area (Å²) in [6.07, 6.45) is 0.917. The van der Waals surface area contributed by atoms with Gasteiger partial charge in [0.15, 0.2) is 11.5 Å². The lowest BCUT2D eigenvalue weighted by Gasteiger charge is -2.20. The Bertz CT molecular complexity index is 819. The molecule has 2 aromatic carbocycles. The van der Waals surface area contributed by atoms with Crippen LogP contribution in [0.15, 0.2) is 36.4 Å². The maximum Gasteiger partial charge on any atom is 0.220 e. The average molecular weight is 415 g/mol. The van der Waals surface area contributed by atoms with Crippen molar-refractivity contribution in [3.8, 4) is 17.2 Å². The summed E-state index contributed by atoms with van der Waals surface area (Å²) in [6, 6.07) is 12.0. The van der Waals surface area contributed by atoms with Gasteiger partial charge in [-0.1, -0.05) is 44.2 Å². The second kappa shape index (κ2) is 12.1. The lowest BCUT2D eigenvalue weighted by atomic mass is 10.1. The number of rotatable bonds is 12. The third-order valence-electron chi connectivity index (χ3n) is 5.29. The molecule has 0 saturated heterocycles. The molecule has 30 heavy (non-hydrogen) atoms. The molecule has 0 bridgehead atoms. The van der Waals surface area contributed by atoms with Gasteiger partial charge in [0.05, 0.1) is 21.3 Å². The molecule has 2 rings (SSSR count). The molecule has 0 fully saturated rings. The maximum absolute atomic E-state index is 12.5. The van der Waals surface area contributed by atoms with Crippen LogP contribution in [-0.2, 0) is 24.3 Å². The number of carbonyl (C=O) groups excluding carboxylic acids is 1. The van der Waals surface area contributed by atoms with Gasteiger partial charge in [-0.25, -0.2) is 0 Å². The number of amides is 1. The quantitative estimate of drug-likeness (QED) is 0.572. The Morgan fingerprint density at radius 3 is 2.13 bits per heavy atom. The van der Waals surface area contributed by atoms with Crippen molar-refractivity contribution < 1.29 is 19.0 Å². The monoisotopic (exact) mass is 414 g/mol. The highest BCUT2D eigenvalue weighted by molar-refractivity contribution is 5.76. The lowest BCUT2D eigenvalue weighted by molar-refractivity contribution is -0.121. The summed E-state index contributed by atoms with van der Waals surface area (Å²) in [6.45, 7) is 7.75. The Hall–Kier alpha value is -2.73. The highest BCUT2D eigenvalue weighted by atomic mass is 16.5. The predicted molar refractivity (Wildman–Crippen MR) is 119 cm³/mol. The average Bonchev–Trinajstić information content (AvgIpc) is 2.79. The molecule has 0 aliphatic rings. The Morgan fingerprint density at radius 2 is 1.53 bits per heavy atom. The Morgan fingerprint density at radius 1 is 0.867 bits per heavy atom. The molecule has 0 unspecified atom stereocenters. The van der Waals surface area contributed by atoms with Crippen molar-refractivity contribution >= 4 is 5.91 Å². The zero-order valence-corrected chi connectivity index (χ0v) is 18.8. The third-order valence-corrected chi connectivity index (χ3v) is 5.29. The number of hydrogen-bond donors (Lipinski definition) is 1. The molecule has 1 amide bonds. The second-order valence-corrected chi connectivity index (χ2v) is 7.00. The van der Waals surface area contributed by atoms with Gasteiger partial charge in [0.1, 0.15) is 0 Å². The van der Waals surface area contributed by atoms with Crippen LogP contribution in [0.2, 0.25) is 0 Å². The Labute approximate surface area is 180 Å². The first-order chi connectivity index (χ1) is 14.6. The van der Waals surface area contributed by atoms with E-state index in [1.165, 1.54) is 5.56 Å². The number of nitrogens with one attached hydrogen (secondary N) is 1. The van der Waals surface area contributed by atoms with Crippen molar-refractivity contribution in [2.24, 2.45) is 0 Å². The first kappa shape index (κ1) is 23.5. The van der Waals surface area contributed by atoms with E-state index in [2.05, 4.69) is 36.2 Å². The van der Waals surface area contributed by atoms with E-state index in [0.29, 0.717) is 36.6 Å². The van der Waals surface area contributed by atoms with Gasteiger partial charge in [-0.05, 0) is 42.3 Å². The molecule has 0 aromatic heterocycles. The molecule has 0 heterocycles. The van der Waals surface area contributed by atoms with Gasteiger partial charge in [0, 0.05) is 19.5 Å². The zero-order chi connectivity index (χ0) is 21.9. The van der Waals surface area contributed by atoms with Crippen LogP contribution in [0.3, 0.4) is 0 Å². The van der Waals surface area contributed by atoms with Gasteiger partial charge in [0.25, 0.3) is 0 Å². The summed E-state index contributed by atoms with van der Waals surface area (Å²) >= 11 is 0.